The minimum absolute atomic E-state index is 0.0163. The monoisotopic (exact) mass is 280 g/mol. The molecule has 0 aromatic heterocycles. The minimum atomic E-state index is -0.179. The summed E-state index contributed by atoms with van der Waals surface area (Å²) < 4.78 is 13.6. The van der Waals surface area contributed by atoms with Crippen molar-refractivity contribution < 1.29 is 4.39 Å². The van der Waals surface area contributed by atoms with Crippen LogP contribution in [0.5, 0.6) is 0 Å². The SMILES string of the molecule is CCC(C)(C)N(C)c1ccc(F)cc1CNC(C)(C)C. The first-order valence-corrected chi connectivity index (χ1v) is 7.34. The summed E-state index contributed by atoms with van der Waals surface area (Å²) in [5.74, 6) is -0.179. The van der Waals surface area contributed by atoms with E-state index >= 15 is 0 Å². The van der Waals surface area contributed by atoms with Gasteiger partial charge in [-0.1, -0.05) is 6.92 Å². The smallest absolute Gasteiger partial charge is 0.123 e. The van der Waals surface area contributed by atoms with E-state index in [1.807, 2.05) is 6.07 Å². The van der Waals surface area contributed by atoms with Gasteiger partial charge in [-0.2, -0.15) is 0 Å². The second-order valence-corrected chi connectivity index (χ2v) is 7.10. The van der Waals surface area contributed by atoms with E-state index in [2.05, 4.69) is 58.8 Å². The Labute approximate surface area is 123 Å². The van der Waals surface area contributed by atoms with Crippen LogP contribution in [0, 0.1) is 5.82 Å². The van der Waals surface area contributed by atoms with Gasteiger partial charge in [0.1, 0.15) is 5.82 Å². The van der Waals surface area contributed by atoms with Crippen molar-refractivity contribution in [1.29, 1.82) is 0 Å². The van der Waals surface area contributed by atoms with Gasteiger partial charge in [-0.15, -0.1) is 0 Å². The quantitative estimate of drug-likeness (QED) is 0.863. The highest BCUT2D eigenvalue weighted by Gasteiger charge is 2.23. The molecule has 0 spiro atoms. The molecular formula is C17H29FN2. The molecule has 114 valence electrons. The largest absolute Gasteiger partial charge is 0.369 e. The fourth-order valence-electron chi connectivity index (χ4n) is 1.95. The molecule has 0 fully saturated rings. The maximum Gasteiger partial charge on any atom is 0.123 e. The van der Waals surface area contributed by atoms with Crippen LogP contribution in [0.25, 0.3) is 0 Å². The van der Waals surface area contributed by atoms with Crippen molar-refractivity contribution in [2.75, 3.05) is 11.9 Å². The fourth-order valence-corrected chi connectivity index (χ4v) is 1.95. The van der Waals surface area contributed by atoms with Crippen molar-refractivity contribution >= 4 is 5.69 Å². The summed E-state index contributed by atoms with van der Waals surface area (Å²) in [4.78, 5) is 2.24. The molecule has 2 nitrogen and oxygen atoms in total. The molecule has 1 N–H and O–H groups in total. The molecule has 3 heteroatoms. The molecular weight excluding hydrogens is 251 g/mol. The summed E-state index contributed by atoms with van der Waals surface area (Å²) in [5.41, 5.74) is 2.16. The second-order valence-electron chi connectivity index (χ2n) is 7.10. The molecule has 0 radical (unpaired) electrons. The zero-order chi connectivity index (χ0) is 15.6. The second kappa shape index (κ2) is 6.13. The van der Waals surface area contributed by atoms with Gasteiger partial charge in [0.2, 0.25) is 0 Å². The van der Waals surface area contributed by atoms with Crippen LogP contribution < -0.4 is 10.2 Å². The van der Waals surface area contributed by atoms with Gasteiger partial charge < -0.3 is 10.2 Å². The van der Waals surface area contributed by atoms with Crippen molar-refractivity contribution in [2.45, 2.75) is 65.6 Å². The Morgan fingerprint density at radius 3 is 2.25 bits per heavy atom. The Kier molecular flexibility index (Phi) is 5.20. The molecule has 1 aromatic carbocycles. The highest BCUT2D eigenvalue weighted by atomic mass is 19.1. The van der Waals surface area contributed by atoms with Crippen molar-refractivity contribution in [2.24, 2.45) is 0 Å². The lowest BCUT2D eigenvalue weighted by atomic mass is 9.97. The van der Waals surface area contributed by atoms with Gasteiger partial charge in [0.05, 0.1) is 0 Å². The number of anilines is 1. The molecule has 0 amide bonds. The molecule has 0 saturated heterocycles. The molecule has 1 aromatic rings. The first-order valence-electron chi connectivity index (χ1n) is 7.34. The Bertz CT molecular complexity index is 447. The third-order valence-corrected chi connectivity index (χ3v) is 3.99. The summed E-state index contributed by atoms with van der Waals surface area (Å²) in [6.45, 7) is 13.6. The lowest BCUT2D eigenvalue weighted by Gasteiger charge is -2.38. The molecule has 0 saturated carbocycles. The zero-order valence-electron chi connectivity index (χ0n) is 14.0. The van der Waals surface area contributed by atoms with E-state index in [4.69, 9.17) is 0 Å². The molecule has 20 heavy (non-hydrogen) atoms. The summed E-state index contributed by atoms with van der Waals surface area (Å²) in [5, 5.41) is 3.44. The first kappa shape index (κ1) is 17.0. The van der Waals surface area contributed by atoms with Crippen LogP contribution in [0.1, 0.15) is 53.5 Å². The Morgan fingerprint density at radius 1 is 1.15 bits per heavy atom. The van der Waals surface area contributed by atoms with Crippen molar-refractivity contribution in [3.8, 4) is 0 Å². The van der Waals surface area contributed by atoms with Crippen LogP contribution in [-0.2, 0) is 6.54 Å². The number of hydrogen-bond acceptors (Lipinski definition) is 2. The van der Waals surface area contributed by atoms with E-state index in [1.165, 1.54) is 6.07 Å². The first-order chi connectivity index (χ1) is 9.07. The topological polar surface area (TPSA) is 15.3 Å². The standard InChI is InChI=1S/C17H29FN2/c1-8-17(5,6)20(7)15-10-9-14(18)11-13(15)12-19-16(2,3)4/h9-11,19H,8,12H2,1-7H3. The molecule has 0 aliphatic heterocycles. The summed E-state index contributed by atoms with van der Waals surface area (Å²) in [6.07, 6.45) is 1.03. The number of rotatable bonds is 5. The van der Waals surface area contributed by atoms with E-state index in [-0.39, 0.29) is 16.9 Å². The average molecular weight is 280 g/mol. The predicted molar refractivity (Wildman–Crippen MR) is 85.8 cm³/mol. The van der Waals surface area contributed by atoms with Crippen molar-refractivity contribution in [1.82, 2.24) is 5.32 Å². The molecule has 0 atom stereocenters. The van der Waals surface area contributed by atoms with Gasteiger partial charge in [0, 0.05) is 30.4 Å². The van der Waals surface area contributed by atoms with Gasteiger partial charge in [-0.3, -0.25) is 0 Å². The maximum absolute atomic E-state index is 13.6. The number of hydrogen-bond donors (Lipinski definition) is 1. The van der Waals surface area contributed by atoms with Crippen LogP contribution in [0.3, 0.4) is 0 Å². The van der Waals surface area contributed by atoms with Crippen LogP contribution in [-0.4, -0.2) is 18.1 Å². The summed E-state index contributed by atoms with van der Waals surface area (Å²) >= 11 is 0. The molecule has 0 bridgehead atoms. The van der Waals surface area contributed by atoms with Gasteiger partial charge in [0.25, 0.3) is 0 Å². The molecule has 0 aliphatic rings. The molecule has 0 unspecified atom stereocenters. The Balaban J connectivity index is 3.07. The molecule has 0 aliphatic carbocycles. The van der Waals surface area contributed by atoms with Gasteiger partial charge in [0.15, 0.2) is 0 Å². The predicted octanol–water partition coefficient (Wildman–Crippen LogP) is 4.34. The maximum atomic E-state index is 13.6. The van der Waals surface area contributed by atoms with Crippen LogP contribution >= 0.6 is 0 Å². The molecule has 0 heterocycles. The summed E-state index contributed by atoms with van der Waals surface area (Å²) in [6, 6.07) is 5.06. The third-order valence-electron chi connectivity index (χ3n) is 3.99. The normalized spacial score (nSPS) is 12.6. The van der Waals surface area contributed by atoms with Gasteiger partial charge in [-0.25, -0.2) is 4.39 Å². The lowest BCUT2D eigenvalue weighted by Crippen LogP contribution is -2.42. The van der Waals surface area contributed by atoms with Crippen LogP contribution in [0.2, 0.25) is 0 Å². The van der Waals surface area contributed by atoms with Crippen LogP contribution in [0.15, 0.2) is 18.2 Å². The van der Waals surface area contributed by atoms with Gasteiger partial charge >= 0.3 is 0 Å². The van der Waals surface area contributed by atoms with E-state index < -0.39 is 0 Å². The fraction of sp³-hybridized carbons (Fsp3) is 0.647. The Morgan fingerprint density at radius 2 is 1.75 bits per heavy atom. The zero-order valence-corrected chi connectivity index (χ0v) is 14.0. The number of benzene rings is 1. The Hall–Kier alpha value is -1.09. The van der Waals surface area contributed by atoms with Gasteiger partial charge in [-0.05, 0) is 64.8 Å². The van der Waals surface area contributed by atoms with E-state index in [0.717, 1.165) is 17.7 Å². The van der Waals surface area contributed by atoms with Crippen molar-refractivity contribution in [3.05, 3.63) is 29.6 Å². The number of nitrogens with zero attached hydrogens (tertiary/aromatic N) is 1. The highest BCUT2D eigenvalue weighted by Crippen LogP contribution is 2.29. The van der Waals surface area contributed by atoms with Crippen molar-refractivity contribution in [3.63, 3.8) is 0 Å². The van der Waals surface area contributed by atoms with E-state index in [9.17, 15) is 4.39 Å². The minimum Gasteiger partial charge on any atom is -0.369 e. The van der Waals surface area contributed by atoms with E-state index in [0.29, 0.717) is 6.54 Å². The highest BCUT2D eigenvalue weighted by molar-refractivity contribution is 5.55. The lowest BCUT2D eigenvalue weighted by molar-refractivity contribution is 0.421. The number of nitrogens with one attached hydrogen (secondary N) is 1. The van der Waals surface area contributed by atoms with E-state index in [1.54, 1.807) is 6.07 Å². The summed E-state index contributed by atoms with van der Waals surface area (Å²) in [7, 11) is 2.08. The number of halogens is 1. The average Bonchev–Trinajstić information content (AvgIpc) is 2.35. The van der Waals surface area contributed by atoms with Crippen LogP contribution in [0.4, 0.5) is 10.1 Å². The third kappa shape index (κ3) is 4.48. The molecule has 1 rings (SSSR count).